The van der Waals surface area contributed by atoms with Crippen LogP contribution in [0.2, 0.25) is 0 Å². The summed E-state index contributed by atoms with van der Waals surface area (Å²) in [6.45, 7) is 0.235. The highest BCUT2D eigenvalue weighted by atomic mass is 32.2. The van der Waals surface area contributed by atoms with Gasteiger partial charge in [0.25, 0.3) is 5.76 Å². The van der Waals surface area contributed by atoms with Crippen molar-refractivity contribution in [3.63, 3.8) is 0 Å². The van der Waals surface area contributed by atoms with Crippen LogP contribution in [0.5, 0.6) is 0 Å². The molecule has 1 aromatic heterocycles. The number of aliphatic hydroxyl groups is 1. The van der Waals surface area contributed by atoms with Crippen LogP contribution in [0.15, 0.2) is 53.4 Å². The van der Waals surface area contributed by atoms with E-state index in [0.29, 0.717) is 35.4 Å². The van der Waals surface area contributed by atoms with Gasteiger partial charge in [-0.3, -0.25) is 0 Å². The summed E-state index contributed by atoms with van der Waals surface area (Å²) < 4.78 is 24.8. The van der Waals surface area contributed by atoms with Crippen molar-refractivity contribution in [2.45, 2.75) is 23.6 Å². The normalized spacial score (nSPS) is 11.2. The molecule has 0 unspecified atom stereocenters. The summed E-state index contributed by atoms with van der Waals surface area (Å²) >= 11 is 0.536. The van der Waals surface area contributed by atoms with Crippen LogP contribution in [0.3, 0.4) is 0 Å². The molecule has 0 aliphatic heterocycles. The molecule has 130 valence electrons. The molecule has 0 atom stereocenters. The number of aromatic nitrogens is 4. The van der Waals surface area contributed by atoms with Crippen molar-refractivity contribution in [3.05, 3.63) is 59.7 Å². The Hall–Kier alpha value is -2.32. The van der Waals surface area contributed by atoms with Gasteiger partial charge in [-0.25, -0.2) is 0 Å². The molecule has 2 aromatic carbocycles. The number of benzene rings is 2. The van der Waals surface area contributed by atoms with Crippen molar-refractivity contribution < 1.29 is 13.9 Å². The number of nitrogens with zero attached hydrogens (tertiary/aromatic N) is 4. The Kier molecular flexibility index (Phi) is 5.72. The van der Waals surface area contributed by atoms with Crippen LogP contribution in [-0.2, 0) is 13.0 Å². The molecular formula is C17H16F2N4OS. The first-order chi connectivity index (χ1) is 12.2. The van der Waals surface area contributed by atoms with Crippen LogP contribution >= 0.6 is 11.8 Å². The molecule has 0 fully saturated rings. The Morgan fingerprint density at radius 3 is 2.56 bits per heavy atom. The third-order valence-electron chi connectivity index (χ3n) is 3.55. The summed E-state index contributed by atoms with van der Waals surface area (Å²) in [6, 6.07) is 14.8. The fraction of sp³-hybridized carbons (Fsp3) is 0.235. The van der Waals surface area contributed by atoms with Crippen molar-refractivity contribution in [1.29, 1.82) is 0 Å². The summed E-state index contributed by atoms with van der Waals surface area (Å²) in [5.74, 6) is -1.92. The Balaban J connectivity index is 1.81. The van der Waals surface area contributed by atoms with Crippen LogP contribution in [0.25, 0.3) is 11.4 Å². The third kappa shape index (κ3) is 4.61. The van der Waals surface area contributed by atoms with E-state index in [0.717, 1.165) is 16.7 Å². The molecule has 5 nitrogen and oxygen atoms in total. The molecule has 0 saturated carbocycles. The molecule has 0 amide bonds. The molecule has 0 saturated heterocycles. The molecule has 0 aliphatic rings. The Labute approximate surface area is 147 Å². The molecule has 3 aromatic rings. The van der Waals surface area contributed by atoms with Crippen LogP contribution in [-0.4, -0.2) is 37.7 Å². The maximum Gasteiger partial charge on any atom is 0.288 e. The number of tetrazole rings is 1. The Morgan fingerprint density at radius 2 is 1.84 bits per heavy atom. The SMILES string of the molecule is OCCn1nnc(-c2ccccc2Cc2ccc(SC(F)F)cc2)n1. The zero-order valence-corrected chi connectivity index (χ0v) is 14.0. The van der Waals surface area contributed by atoms with Gasteiger partial charge in [0, 0.05) is 10.5 Å². The van der Waals surface area contributed by atoms with Crippen LogP contribution in [0.4, 0.5) is 8.78 Å². The molecule has 1 N–H and O–H groups in total. The van der Waals surface area contributed by atoms with Gasteiger partial charge in [0.1, 0.15) is 0 Å². The smallest absolute Gasteiger partial charge is 0.288 e. The minimum Gasteiger partial charge on any atom is -0.394 e. The molecule has 0 radical (unpaired) electrons. The van der Waals surface area contributed by atoms with E-state index in [9.17, 15) is 8.78 Å². The second-order valence-corrected chi connectivity index (χ2v) is 6.35. The fourth-order valence-corrected chi connectivity index (χ4v) is 2.94. The molecule has 0 aliphatic carbocycles. The van der Waals surface area contributed by atoms with Gasteiger partial charge in [0.05, 0.1) is 13.2 Å². The first kappa shape index (κ1) is 17.5. The quantitative estimate of drug-likeness (QED) is 0.654. The first-order valence-corrected chi connectivity index (χ1v) is 8.54. The van der Waals surface area contributed by atoms with Gasteiger partial charge in [-0.1, -0.05) is 48.2 Å². The summed E-state index contributed by atoms with van der Waals surface area (Å²) in [5.41, 5.74) is 2.88. The minimum atomic E-state index is -2.42. The highest BCUT2D eigenvalue weighted by Gasteiger charge is 2.11. The lowest BCUT2D eigenvalue weighted by atomic mass is 9.99. The zero-order valence-electron chi connectivity index (χ0n) is 13.2. The monoisotopic (exact) mass is 362 g/mol. The standard InChI is InChI=1S/C17H16F2N4OS/c18-17(19)25-14-7-5-12(6-8-14)11-13-3-1-2-4-15(13)16-20-22-23(21-16)9-10-24/h1-8,17,24H,9-11H2. The lowest BCUT2D eigenvalue weighted by molar-refractivity contribution is 0.252. The third-order valence-corrected chi connectivity index (χ3v) is 4.28. The Morgan fingerprint density at radius 1 is 1.08 bits per heavy atom. The number of hydrogen-bond acceptors (Lipinski definition) is 5. The summed E-state index contributed by atoms with van der Waals surface area (Å²) in [5, 5.41) is 21.2. The van der Waals surface area contributed by atoms with Gasteiger partial charge in [-0.05, 0) is 34.9 Å². The lowest BCUT2D eigenvalue weighted by Gasteiger charge is -2.07. The second kappa shape index (κ2) is 8.17. The van der Waals surface area contributed by atoms with Crippen LogP contribution < -0.4 is 0 Å². The van der Waals surface area contributed by atoms with Crippen molar-refractivity contribution in [1.82, 2.24) is 20.2 Å². The van der Waals surface area contributed by atoms with Gasteiger partial charge in [-0.15, -0.1) is 10.2 Å². The molecule has 8 heteroatoms. The predicted molar refractivity (Wildman–Crippen MR) is 91.4 cm³/mol. The zero-order chi connectivity index (χ0) is 17.6. The van der Waals surface area contributed by atoms with Gasteiger partial charge in [0.15, 0.2) is 0 Å². The maximum absolute atomic E-state index is 12.4. The van der Waals surface area contributed by atoms with Crippen LogP contribution in [0.1, 0.15) is 11.1 Å². The number of rotatable bonds is 7. The topological polar surface area (TPSA) is 63.8 Å². The second-order valence-electron chi connectivity index (χ2n) is 5.29. The molecule has 3 rings (SSSR count). The van der Waals surface area contributed by atoms with Crippen LogP contribution in [0, 0.1) is 0 Å². The highest BCUT2D eigenvalue weighted by molar-refractivity contribution is 7.99. The van der Waals surface area contributed by atoms with Gasteiger partial charge in [0.2, 0.25) is 5.82 Å². The summed E-state index contributed by atoms with van der Waals surface area (Å²) in [7, 11) is 0. The van der Waals surface area contributed by atoms with Crippen molar-refractivity contribution in [2.75, 3.05) is 6.61 Å². The fourth-order valence-electron chi connectivity index (χ4n) is 2.44. The average Bonchev–Trinajstić information content (AvgIpc) is 3.05. The van der Waals surface area contributed by atoms with Gasteiger partial charge < -0.3 is 5.11 Å². The lowest BCUT2D eigenvalue weighted by Crippen LogP contribution is -2.05. The van der Waals surface area contributed by atoms with Crippen molar-refractivity contribution in [2.24, 2.45) is 0 Å². The average molecular weight is 362 g/mol. The van der Waals surface area contributed by atoms with E-state index in [4.69, 9.17) is 5.11 Å². The molecular weight excluding hydrogens is 346 g/mol. The molecule has 25 heavy (non-hydrogen) atoms. The highest BCUT2D eigenvalue weighted by Crippen LogP contribution is 2.27. The van der Waals surface area contributed by atoms with E-state index in [1.54, 1.807) is 12.1 Å². The summed E-state index contributed by atoms with van der Waals surface area (Å²) in [6.07, 6.45) is 0.629. The number of halogens is 2. The Bertz CT molecular complexity index is 824. The van der Waals surface area contributed by atoms with Gasteiger partial charge >= 0.3 is 0 Å². The van der Waals surface area contributed by atoms with E-state index < -0.39 is 5.76 Å². The minimum absolute atomic E-state index is 0.0551. The largest absolute Gasteiger partial charge is 0.394 e. The number of thioether (sulfide) groups is 1. The number of hydrogen-bond donors (Lipinski definition) is 1. The van der Waals surface area contributed by atoms with E-state index >= 15 is 0 Å². The number of aliphatic hydroxyl groups excluding tert-OH is 1. The maximum atomic E-state index is 12.4. The van der Waals surface area contributed by atoms with E-state index in [1.165, 1.54) is 4.80 Å². The van der Waals surface area contributed by atoms with Gasteiger partial charge in [-0.2, -0.15) is 13.6 Å². The van der Waals surface area contributed by atoms with E-state index in [-0.39, 0.29) is 6.61 Å². The predicted octanol–water partition coefficient (Wildman–Crippen LogP) is 3.24. The molecule has 0 spiro atoms. The molecule has 1 heterocycles. The molecule has 0 bridgehead atoms. The summed E-state index contributed by atoms with van der Waals surface area (Å²) in [4.78, 5) is 1.89. The number of alkyl halides is 2. The van der Waals surface area contributed by atoms with Crippen molar-refractivity contribution in [3.8, 4) is 11.4 Å². The van der Waals surface area contributed by atoms with Crippen molar-refractivity contribution >= 4 is 11.8 Å². The first-order valence-electron chi connectivity index (χ1n) is 7.66. The van der Waals surface area contributed by atoms with E-state index in [1.807, 2.05) is 36.4 Å². The van der Waals surface area contributed by atoms with E-state index in [2.05, 4.69) is 15.4 Å².